The van der Waals surface area contributed by atoms with Crippen LogP contribution in [0.2, 0.25) is 12.6 Å². The van der Waals surface area contributed by atoms with E-state index in [4.69, 9.17) is 0 Å². The minimum atomic E-state index is -0.560. The number of hydrogen-bond acceptors (Lipinski definition) is 0. The van der Waals surface area contributed by atoms with Crippen LogP contribution in [-0.2, 0) is 0 Å². The molecule has 0 nitrogen and oxygen atoms in total. The Hall–Kier alpha value is -0.563. The minimum absolute atomic E-state index is 0.560. The number of benzene rings is 1. The molecule has 0 saturated carbocycles. The summed E-state index contributed by atoms with van der Waals surface area (Å²) in [4.78, 5) is 0. The van der Waals surface area contributed by atoms with Crippen molar-refractivity contribution in [3.63, 3.8) is 0 Å². The van der Waals surface area contributed by atoms with Gasteiger partial charge >= 0.3 is 0 Å². The molecule has 0 N–H and O–H groups in total. The van der Waals surface area contributed by atoms with Gasteiger partial charge in [0.15, 0.2) is 0 Å². The van der Waals surface area contributed by atoms with Gasteiger partial charge in [0.05, 0.1) is 8.80 Å². The van der Waals surface area contributed by atoms with Crippen LogP contribution in [0.5, 0.6) is 0 Å². The molecule has 0 radical (unpaired) electrons. The van der Waals surface area contributed by atoms with E-state index in [1.807, 2.05) is 0 Å². The molecule has 0 aliphatic heterocycles. The Morgan fingerprint density at radius 1 is 1.18 bits per heavy atom. The summed E-state index contributed by atoms with van der Waals surface area (Å²) in [6, 6.07) is 12.4. The van der Waals surface area contributed by atoms with Crippen molar-refractivity contribution in [3.8, 4) is 0 Å². The summed E-state index contributed by atoms with van der Waals surface area (Å²) in [6.45, 7) is 4.70. The smallest absolute Gasteiger partial charge is 0.0677 e. The molecule has 0 amide bonds. The maximum Gasteiger partial charge on any atom is 0.0677 e. The molecule has 1 rings (SSSR count). The highest BCUT2D eigenvalue weighted by Crippen LogP contribution is 1.97. The Labute approximate surface area is 70.9 Å². The molecule has 0 aliphatic rings. The van der Waals surface area contributed by atoms with Crippen molar-refractivity contribution < 1.29 is 0 Å². The van der Waals surface area contributed by atoms with E-state index in [-0.39, 0.29) is 0 Å². The molecule has 60 valence electrons. The average Bonchev–Trinajstić information content (AvgIpc) is 2.07. The van der Waals surface area contributed by atoms with E-state index < -0.39 is 8.80 Å². The highest BCUT2D eigenvalue weighted by atomic mass is 28.3. The van der Waals surface area contributed by atoms with Gasteiger partial charge in [-0.15, -0.1) is 0 Å². The Kier molecular flexibility index (Phi) is 3.37. The zero-order valence-corrected chi connectivity index (χ0v) is 8.53. The van der Waals surface area contributed by atoms with Crippen LogP contribution in [0.25, 0.3) is 0 Å². The number of rotatable bonds is 3. The molecule has 0 bridgehead atoms. The van der Waals surface area contributed by atoms with E-state index in [1.54, 1.807) is 5.19 Å². The van der Waals surface area contributed by atoms with Crippen LogP contribution >= 0.6 is 0 Å². The van der Waals surface area contributed by atoms with Gasteiger partial charge in [0, 0.05) is 0 Å². The zero-order chi connectivity index (χ0) is 8.10. The molecule has 0 heterocycles. The maximum atomic E-state index is 2.43. The van der Waals surface area contributed by atoms with Crippen molar-refractivity contribution in [2.75, 3.05) is 0 Å². The molecule has 0 aliphatic carbocycles. The van der Waals surface area contributed by atoms with Crippen molar-refractivity contribution in [2.24, 2.45) is 0 Å². The second-order valence-electron chi connectivity index (χ2n) is 3.10. The van der Waals surface area contributed by atoms with Gasteiger partial charge < -0.3 is 0 Å². The van der Waals surface area contributed by atoms with Gasteiger partial charge in [-0.25, -0.2) is 0 Å². The van der Waals surface area contributed by atoms with E-state index in [9.17, 15) is 0 Å². The molecule has 1 unspecified atom stereocenters. The highest BCUT2D eigenvalue weighted by Gasteiger charge is 2.03. The molecule has 0 saturated heterocycles. The fourth-order valence-electron chi connectivity index (χ4n) is 1.38. The minimum Gasteiger partial charge on any atom is -0.0680 e. The van der Waals surface area contributed by atoms with Crippen LogP contribution in [0.4, 0.5) is 0 Å². The fourth-order valence-corrected chi connectivity index (χ4v) is 3.46. The summed E-state index contributed by atoms with van der Waals surface area (Å²) in [6.07, 6.45) is 1.34. The molecule has 0 spiro atoms. The van der Waals surface area contributed by atoms with Gasteiger partial charge in [-0.05, 0) is 0 Å². The first kappa shape index (κ1) is 8.53. The summed E-state index contributed by atoms with van der Waals surface area (Å²) in [5.74, 6) is 0. The Morgan fingerprint density at radius 2 is 1.82 bits per heavy atom. The Bertz CT molecular complexity index is 193. The van der Waals surface area contributed by atoms with Crippen molar-refractivity contribution in [1.82, 2.24) is 0 Å². The van der Waals surface area contributed by atoms with Gasteiger partial charge in [0.2, 0.25) is 0 Å². The van der Waals surface area contributed by atoms with Gasteiger partial charge in [0.25, 0.3) is 0 Å². The van der Waals surface area contributed by atoms with E-state index in [0.717, 1.165) is 0 Å². The SMILES string of the molecule is CCC[SiH](C)c1ccccc1. The first-order valence-electron chi connectivity index (χ1n) is 4.39. The molecular formula is C10H16Si. The van der Waals surface area contributed by atoms with Crippen LogP contribution in [0.1, 0.15) is 13.3 Å². The molecule has 1 heteroatoms. The maximum absolute atomic E-state index is 2.43. The molecular weight excluding hydrogens is 148 g/mol. The molecule has 1 aromatic carbocycles. The fraction of sp³-hybridized carbons (Fsp3) is 0.400. The summed E-state index contributed by atoms with van der Waals surface area (Å²) in [5.41, 5.74) is 0. The standard InChI is InChI=1S/C10H16Si/c1-3-9-11(2)10-7-5-4-6-8-10/h4-8,11H,3,9H2,1-2H3. The van der Waals surface area contributed by atoms with Crippen LogP contribution in [0.15, 0.2) is 30.3 Å². The second kappa shape index (κ2) is 4.34. The summed E-state index contributed by atoms with van der Waals surface area (Å²) in [7, 11) is -0.560. The zero-order valence-electron chi connectivity index (χ0n) is 7.38. The van der Waals surface area contributed by atoms with Gasteiger partial charge in [0.1, 0.15) is 0 Å². The van der Waals surface area contributed by atoms with Crippen LogP contribution in [-0.4, -0.2) is 8.80 Å². The molecule has 1 atom stereocenters. The van der Waals surface area contributed by atoms with Crippen LogP contribution in [0, 0.1) is 0 Å². The first-order valence-corrected chi connectivity index (χ1v) is 6.94. The Balaban J connectivity index is 2.61. The third-order valence-electron chi connectivity index (χ3n) is 2.09. The van der Waals surface area contributed by atoms with E-state index in [0.29, 0.717) is 0 Å². The highest BCUT2D eigenvalue weighted by molar-refractivity contribution is 6.71. The van der Waals surface area contributed by atoms with Crippen LogP contribution in [0.3, 0.4) is 0 Å². The lowest BCUT2D eigenvalue weighted by atomic mass is 10.4. The summed E-state index contributed by atoms with van der Waals surface area (Å²) in [5, 5.41) is 1.61. The monoisotopic (exact) mass is 164 g/mol. The molecule has 1 aromatic rings. The van der Waals surface area contributed by atoms with Crippen molar-refractivity contribution in [3.05, 3.63) is 30.3 Å². The summed E-state index contributed by atoms with van der Waals surface area (Å²) < 4.78 is 0. The van der Waals surface area contributed by atoms with Crippen molar-refractivity contribution in [1.29, 1.82) is 0 Å². The average molecular weight is 164 g/mol. The second-order valence-corrected chi connectivity index (χ2v) is 6.15. The molecule has 11 heavy (non-hydrogen) atoms. The topological polar surface area (TPSA) is 0 Å². The predicted molar refractivity (Wildman–Crippen MR) is 54.2 cm³/mol. The van der Waals surface area contributed by atoms with E-state index >= 15 is 0 Å². The lowest BCUT2D eigenvalue weighted by Crippen LogP contribution is -2.25. The van der Waals surface area contributed by atoms with E-state index in [2.05, 4.69) is 43.8 Å². The summed E-state index contributed by atoms with van der Waals surface area (Å²) >= 11 is 0. The number of hydrogen-bond donors (Lipinski definition) is 0. The molecule has 0 fully saturated rings. The third kappa shape index (κ3) is 2.50. The lowest BCUT2D eigenvalue weighted by Gasteiger charge is -2.07. The van der Waals surface area contributed by atoms with Gasteiger partial charge in [-0.2, -0.15) is 0 Å². The molecule has 0 aromatic heterocycles. The predicted octanol–water partition coefficient (Wildman–Crippen LogP) is 2.16. The first-order chi connectivity index (χ1) is 5.34. The third-order valence-corrected chi connectivity index (χ3v) is 5.06. The van der Waals surface area contributed by atoms with Crippen LogP contribution < -0.4 is 5.19 Å². The van der Waals surface area contributed by atoms with Crippen molar-refractivity contribution in [2.45, 2.75) is 25.9 Å². The normalized spacial score (nSPS) is 12.9. The quantitative estimate of drug-likeness (QED) is 0.601. The van der Waals surface area contributed by atoms with E-state index in [1.165, 1.54) is 12.5 Å². The van der Waals surface area contributed by atoms with Gasteiger partial charge in [-0.3, -0.25) is 0 Å². The lowest BCUT2D eigenvalue weighted by molar-refractivity contribution is 1.07. The van der Waals surface area contributed by atoms with Gasteiger partial charge in [-0.1, -0.05) is 61.5 Å². The van der Waals surface area contributed by atoms with Crippen molar-refractivity contribution >= 4 is 14.0 Å². The Morgan fingerprint density at radius 3 is 2.36 bits per heavy atom. The largest absolute Gasteiger partial charge is 0.0680 e.